The zero-order chi connectivity index (χ0) is 24.0. The summed E-state index contributed by atoms with van der Waals surface area (Å²) in [5, 5.41) is 0.568. The summed E-state index contributed by atoms with van der Waals surface area (Å²) in [7, 11) is 0. The molecule has 2 saturated heterocycles. The van der Waals surface area contributed by atoms with Gasteiger partial charge in [-0.1, -0.05) is 23.8 Å². The van der Waals surface area contributed by atoms with Gasteiger partial charge in [0.1, 0.15) is 5.75 Å². The van der Waals surface area contributed by atoms with Crippen molar-refractivity contribution in [3.63, 3.8) is 0 Å². The number of rotatable bonds is 4. The van der Waals surface area contributed by atoms with Gasteiger partial charge in [0.2, 0.25) is 17.7 Å². The van der Waals surface area contributed by atoms with Crippen LogP contribution in [0.1, 0.15) is 24.8 Å². The predicted octanol–water partition coefficient (Wildman–Crippen LogP) is 4.06. The van der Waals surface area contributed by atoms with Gasteiger partial charge in [-0.25, -0.2) is 4.90 Å². The van der Waals surface area contributed by atoms with Gasteiger partial charge in [0.05, 0.1) is 23.4 Å². The molecular formula is C26H23ClN2O5. The molecule has 0 aromatic heterocycles. The van der Waals surface area contributed by atoms with Crippen molar-refractivity contribution in [2.75, 3.05) is 16.3 Å². The van der Waals surface area contributed by atoms with Crippen molar-refractivity contribution in [2.45, 2.75) is 26.2 Å². The van der Waals surface area contributed by atoms with Crippen LogP contribution in [0.3, 0.4) is 0 Å². The van der Waals surface area contributed by atoms with Crippen molar-refractivity contribution >= 4 is 46.7 Å². The van der Waals surface area contributed by atoms with Crippen molar-refractivity contribution < 1.29 is 23.9 Å². The number of hydrogen-bond acceptors (Lipinski definition) is 5. The number of imide groups is 1. The average molecular weight is 479 g/mol. The number of fused-ring (bicyclic) bond motifs is 1. The topological polar surface area (TPSA) is 84.0 Å². The molecule has 0 spiro atoms. The van der Waals surface area contributed by atoms with E-state index in [9.17, 15) is 19.2 Å². The normalized spacial score (nSPS) is 24.1. The SMILES string of the molecule is Cc1cc(OC(=O)[C@@H]2CC(=O)N(c3ccc(Cl)cc3)C2)ccc1N1C(=O)[C@H]2CC=CC[C@@H]2C1=O. The first-order valence-electron chi connectivity index (χ1n) is 11.2. The first-order chi connectivity index (χ1) is 16.3. The maximum Gasteiger partial charge on any atom is 0.316 e. The number of ether oxygens (including phenoxy) is 1. The summed E-state index contributed by atoms with van der Waals surface area (Å²) in [6.45, 7) is 2.00. The zero-order valence-corrected chi connectivity index (χ0v) is 19.3. The molecule has 2 fully saturated rings. The molecule has 0 N–H and O–H groups in total. The molecule has 7 nitrogen and oxygen atoms in total. The van der Waals surface area contributed by atoms with E-state index in [4.69, 9.17) is 16.3 Å². The molecule has 3 atom stereocenters. The lowest BCUT2D eigenvalue weighted by molar-refractivity contribution is -0.139. The molecule has 3 aliphatic rings. The van der Waals surface area contributed by atoms with Gasteiger partial charge in [0.15, 0.2) is 0 Å². The van der Waals surface area contributed by atoms with Gasteiger partial charge < -0.3 is 9.64 Å². The number of carbonyl (C=O) groups is 4. The van der Waals surface area contributed by atoms with E-state index in [0.717, 1.165) is 0 Å². The molecule has 0 radical (unpaired) electrons. The molecule has 0 unspecified atom stereocenters. The fraction of sp³-hybridized carbons (Fsp3) is 0.308. The molecule has 0 bridgehead atoms. The first kappa shape index (κ1) is 22.3. The molecular weight excluding hydrogens is 456 g/mol. The van der Waals surface area contributed by atoms with Crippen molar-refractivity contribution in [3.8, 4) is 5.75 Å². The highest BCUT2D eigenvalue weighted by Gasteiger charge is 2.48. The van der Waals surface area contributed by atoms with Crippen LogP contribution in [-0.4, -0.2) is 30.2 Å². The molecule has 2 aliphatic heterocycles. The Morgan fingerprint density at radius 1 is 0.971 bits per heavy atom. The summed E-state index contributed by atoms with van der Waals surface area (Å²) < 4.78 is 5.56. The van der Waals surface area contributed by atoms with E-state index in [2.05, 4.69) is 0 Å². The fourth-order valence-electron chi connectivity index (χ4n) is 4.92. The Labute approximate surface area is 201 Å². The number of anilines is 2. The molecule has 2 aromatic carbocycles. The highest BCUT2D eigenvalue weighted by atomic mass is 35.5. The summed E-state index contributed by atoms with van der Waals surface area (Å²) in [4.78, 5) is 53.8. The highest BCUT2D eigenvalue weighted by molar-refractivity contribution is 6.30. The third kappa shape index (κ3) is 3.90. The maximum atomic E-state index is 12.9. The van der Waals surface area contributed by atoms with E-state index in [-0.39, 0.29) is 42.5 Å². The molecule has 3 amide bonds. The minimum atomic E-state index is -0.597. The smallest absolute Gasteiger partial charge is 0.316 e. The lowest BCUT2D eigenvalue weighted by atomic mass is 9.85. The fourth-order valence-corrected chi connectivity index (χ4v) is 5.04. The maximum absolute atomic E-state index is 12.9. The quantitative estimate of drug-likeness (QED) is 0.286. The van der Waals surface area contributed by atoms with Crippen LogP contribution in [0.5, 0.6) is 5.75 Å². The molecule has 5 rings (SSSR count). The van der Waals surface area contributed by atoms with Crippen LogP contribution in [0.2, 0.25) is 5.02 Å². The van der Waals surface area contributed by atoms with Crippen LogP contribution in [0.4, 0.5) is 11.4 Å². The summed E-state index contributed by atoms with van der Waals surface area (Å²) >= 11 is 5.92. The van der Waals surface area contributed by atoms with E-state index < -0.39 is 11.9 Å². The number of halogens is 1. The zero-order valence-electron chi connectivity index (χ0n) is 18.6. The number of allylic oxidation sites excluding steroid dienone is 2. The van der Waals surface area contributed by atoms with Crippen molar-refractivity contribution in [2.24, 2.45) is 17.8 Å². The van der Waals surface area contributed by atoms with Crippen LogP contribution in [-0.2, 0) is 19.2 Å². The number of esters is 1. The van der Waals surface area contributed by atoms with Crippen LogP contribution in [0.25, 0.3) is 0 Å². The molecule has 8 heteroatoms. The van der Waals surface area contributed by atoms with E-state index in [0.29, 0.717) is 40.6 Å². The van der Waals surface area contributed by atoms with Gasteiger partial charge in [0.25, 0.3) is 0 Å². The third-order valence-electron chi connectivity index (χ3n) is 6.73. The minimum absolute atomic E-state index is 0.0616. The van der Waals surface area contributed by atoms with Gasteiger partial charge in [-0.2, -0.15) is 0 Å². The second kappa shape index (κ2) is 8.72. The molecule has 2 heterocycles. The summed E-state index contributed by atoms with van der Waals surface area (Å²) in [6.07, 6.45) is 5.12. The summed E-state index contributed by atoms with van der Waals surface area (Å²) in [5.74, 6) is -1.92. The third-order valence-corrected chi connectivity index (χ3v) is 6.98. The van der Waals surface area contributed by atoms with Gasteiger partial charge >= 0.3 is 5.97 Å². The standard InChI is InChI=1S/C26H23ClN2O5/c1-15-12-19(10-11-22(15)29-24(31)20-4-2-3-5-21(20)25(29)32)34-26(33)16-13-23(30)28(14-16)18-8-6-17(27)7-9-18/h2-3,6-12,16,20-21H,4-5,13-14H2,1H3/t16-,20+,21+/m1/s1. The van der Waals surface area contributed by atoms with Gasteiger partial charge in [-0.05, 0) is 67.8 Å². The van der Waals surface area contributed by atoms with Crippen LogP contribution >= 0.6 is 11.6 Å². The number of amides is 3. The van der Waals surface area contributed by atoms with Gasteiger partial charge in [0, 0.05) is 23.7 Å². The van der Waals surface area contributed by atoms with Crippen LogP contribution in [0, 0.1) is 24.7 Å². The molecule has 34 heavy (non-hydrogen) atoms. The Morgan fingerprint density at radius 2 is 1.62 bits per heavy atom. The average Bonchev–Trinajstić information content (AvgIpc) is 3.33. The number of carbonyl (C=O) groups excluding carboxylic acids is 4. The Balaban J connectivity index is 1.28. The predicted molar refractivity (Wildman–Crippen MR) is 127 cm³/mol. The minimum Gasteiger partial charge on any atom is -0.426 e. The van der Waals surface area contributed by atoms with Gasteiger partial charge in [-0.15, -0.1) is 0 Å². The van der Waals surface area contributed by atoms with Crippen molar-refractivity contribution in [1.82, 2.24) is 0 Å². The van der Waals surface area contributed by atoms with Crippen LogP contribution < -0.4 is 14.5 Å². The lowest BCUT2D eigenvalue weighted by Gasteiger charge is -2.19. The van der Waals surface area contributed by atoms with Crippen molar-refractivity contribution in [3.05, 3.63) is 65.2 Å². The molecule has 174 valence electrons. The lowest BCUT2D eigenvalue weighted by Crippen LogP contribution is -2.31. The summed E-state index contributed by atoms with van der Waals surface area (Å²) in [6, 6.07) is 11.7. The molecule has 2 aromatic rings. The van der Waals surface area contributed by atoms with Crippen molar-refractivity contribution in [1.29, 1.82) is 0 Å². The first-order valence-corrected chi connectivity index (χ1v) is 11.6. The number of aryl methyl sites for hydroxylation is 1. The summed E-state index contributed by atoms with van der Waals surface area (Å²) in [5.41, 5.74) is 1.85. The molecule has 0 saturated carbocycles. The molecule has 1 aliphatic carbocycles. The monoisotopic (exact) mass is 478 g/mol. The number of benzene rings is 2. The Bertz CT molecular complexity index is 1200. The largest absolute Gasteiger partial charge is 0.426 e. The van der Waals surface area contributed by atoms with E-state index in [1.54, 1.807) is 54.3 Å². The van der Waals surface area contributed by atoms with E-state index in [1.807, 2.05) is 12.2 Å². The van der Waals surface area contributed by atoms with Crippen LogP contribution in [0.15, 0.2) is 54.6 Å². The number of nitrogens with zero attached hydrogens (tertiary/aromatic N) is 2. The highest BCUT2D eigenvalue weighted by Crippen LogP contribution is 2.39. The number of hydrogen-bond donors (Lipinski definition) is 0. The van der Waals surface area contributed by atoms with Gasteiger partial charge in [-0.3, -0.25) is 19.2 Å². The Morgan fingerprint density at radius 3 is 2.24 bits per heavy atom. The second-order valence-electron chi connectivity index (χ2n) is 8.92. The Kier molecular flexibility index (Phi) is 5.73. The second-order valence-corrected chi connectivity index (χ2v) is 9.36. The van der Waals surface area contributed by atoms with E-state index in [1.165, 1.54) is 4.90 Å². The Hall–Kier alpha value is -3.45. The van der Waals surface area contributed by atoms with E-state index >= 15 is 0 Å².